The molecule has 3 heterocycles. The second-order valence-electron chi connectivity index (χ2n) is 7.58. The van der Waals surface area contributed by atoms with Crippen molar-refractivity contribution in [1.82, 2.24) is 20.3 Å². The number of alkyl carbamates (subject to hydrolysis) is 1. The van der Waals surface area contributed by atoms with Crippen molar-refractivity contribution < 1.29 is 19.0 Å². The quantitative estimate of drug-likeness (QED) is 0.556. The summed E-state index contributed by atoms with van der Waals surface area (Å²) >= 11 is 11.7. The van der Waals surface area contributed by atoms with Crippen LogP contribution < -0.4 is 10.2 Å². The maximum Gasteiger partial charge on any atom is 0.407 e. The summed E-state index contributed by atoms with van der Waals surface area (Å²) in [6, 6.07) is -0.410. The van der Waals surface area contributed by atoms with E-state index < -0.39 is 29.7 Å². The van der Waals surface area contributed by atoms with Crippen molar-refractivity contribution in [2.45, 2.75) is 44.9 Å². The number of aliphatic hydroxyl groups excluding tert-OH is 1. The number of aliphatic hydroxyl groups is 1. The van der Waals surface area contributed by atoms with Crippen LogP contribution in [0.5, 0.6) is 0 Å². The normalized spacial score (nSPS) is 20.3. The number of rotatable bonds is 2. The second kappa shape index (κ2) is 7.81. The van der Waals surface area contributed by atoms with Gasteiger partial charge in [-0.2, -0.15) is 4.98 Å². The van der Waals surface area contributed by atoms with Crippen LogP contribution in [0.15, 0.2) is 6.20 Å². The smallest absolute Gasteiger partial charge is 0.407 e. The van der Waals surface area contributed by atoms with E-state index in [0.29, 0.717) is 24.2 Å². The monoisotopic (exact) mass is 431 g/mol. The zero-order chi connectivity index (χ0) is 20.6. The fourth-order valence-corrected chi connectivity index (χ4v) is 3.36. The lowest BCUT2D eigenvalue weighted by atomic mass is 10.0. The van der Waals surface area contributed by atoms with Gasteiger partial charge in [-0.1, -0.05) is 11.6 Å². The topological polar surface area (TPSA) is 100 Å². The highest BCUT2D eigenvalue weighted by Crippen LogP contribution is 2.30. The molecule has 1 saturated heterocycles. The fourth-order valence-electron chi connectivity index (χ4n) is 3.06. The Labute approximate surface area is 171 Å². The van der Waals surface area contributed by atoms with Crippen LogP contribution in [-0.2, 0) is 4.74 Å². The van der Waals surface area contributed by atoms with Crippen LogP contribution in [0, 0.1) is 5.82 Å². The van der Waals surface area contributed by atoms with E-state index in [4.69, 9.17) is 27.9 Å². The molecular formula is C17H20Cl2FN5O3. The summed E-state index contributed by atoms with van der Waals surface area (Å²) in [7, 11) is 0. The number of pyridine rings is 1. The van der Waals surface area contributed by atoms with E-state index in [1.165, 1.54) is 6.20 Å². The molecule has 8 nitrogen and oxygen atoms in total. The Balaban J connectivity index is 1.89. The number of carbonyl (C=O) groups is 1. The number of hydrogen-bond donors (Lipinski definition) is 2. The summed E-state index contributed by atoms with van der Waals surface area (Å²) < 4.78 is 19.6. The first kappa shape index (κ1) is 20.8. The first-order valence-electron chi connectivity index (χ1n) is 8.63. The van der Waals surface area contributed by atoms with Gasteiger partial charge in [0.25, 0.3) is 0 Å². The van der Waals surface area contributed by atoms with Gasteiger partial charge in [0, 0.05) is 19.3 Å². The molecule has 3 rings (SSSR count). The van der Waals surface area contributed by atoms with E-state index in [9.17, 15) is 14.3 Å². The molecule has 2 aromatic heterocycles. The van der Waals surface area contributed by atoms with Crippen LogP contribution in [0.2, 0.25) is 10.4 Å². The number of hydrogen-bond acceptors (Lipinski definition) is 7. The number of carbonyl (C=O) groups excluding carboxylic acids is 1. The average molecular weight is 432 g/mol. The van der Waals surface area contributed by atoms with E-state index in [-0.39, 0.29) is 22.5 Å². The Morgan fingerprint density at radius 3 is 2.75 bits per heavy atom. The fraction of sp³-hybridized carbons (Fsp3) is 0.529. The molecule has 0 radical (unpaired) electrons. The van der Waals surface area contributed by atoms with E-state index in [1.807, 2.05) is 0 Å². The van der Waals surface area contributed by atoms with Crippen molar-refractivity contribution in [1.29, 1.82) is 0 Å². The number of ether oxygens (including phenoxy) is 1. The van der Waals surface area contributed by atoms with Crippen molar-refractivity contribution in [2.75, 3.05) is 18.0 Å². The Bertz CT molecular complexity index is 908. The van der Waals surface area contributed by atoms with Crippen molar-refractivity contribution in [3.05, 3.63) is 22.5 Å². The van der Waals surface area contributed by atoms with Gasteiger partial charge in [-0.15, -0.1) is 0 Å². The van der Waals surface area contributed by atoms with Gasteiger partial charge in [-0.3, -0.25) is 0 Å². The number of halogens is 3. The molecule has 1 aliphatic heterocycles. The molecule has 2 N–H and O–H groups in total. The molecule has 28 heavy (non-hydrogen) atoms. The molecule has 0 saturated carbocycles. The summed E-state index contributed by atoms with van der Waals surface area (Å²) in [5, 5.41) is 12.8. The summed E-state index contributed by atoms with van der Waals surface area (Å²) in [5.74, 6) is -0.501. The molecule has 1 fully saturated rings. The minimum Gasteiger partial charge on any atom is -0.444 e. The van der Waals surface area contributed by atoms with Crippen LogP contribution in [0.25, 0.3) is 10.9 Å². The van der Waals surface area contributed by atoms with Crippen LogP contribution in [-0.4, -0.2) is 57.0 Å². The minimum absolute atomic E-state index is 0.0632. The third-order valence-corrected chi connectivity index (χ3v) is 4.48. The molecule has 1 amide bonds. The van der Waals surface area contributed by atoms with E-state index in [2.05, 4.69) is 20.3 Å². The first-order chi connectivity index (χ1) is 13.0. The predicted molar refractivity (Wildman–Crippen MR) is 103 cm³/mol. The van der Waals surface area contributed by atoms with Crippen molar-refractivity contribution >= 4 is 46.0 Å². The lowest BCUT2D eigenvalue weighted by Crippen LogP contribution is -2.53. The average Bonchev–Trinajstić information content (AvgIpc) is 2.55. The van der Waals surface area contributed by atoms with Crippen LogP contribution in [0.4, 0.5) is 15.0 Å². The van der Waals surface area contributed by atoms with Gasteiger partial charge in [0.05, 0.1) is 17.5 Å². The van der Waals surface area contributed by atoms with Crippen molar-refractivity contribution in [3.8, 4) is 0 Å². The van der Waals surface area contributed by atoms with Crippen LogP contribution >= 0.6 is 23.2 Å². The van der Waals surface area contributed by atoms with E-state index in [0.717, 1.165) is 0 Å². The molecule has 11 heteroatoms. The molecule has 2 atom stereocenters. The standard InChI is InChI=1S/C17H20Cl2FN5O3/c1-17(2,3)28-16(27)22-8-4-9(26)7-25(6-8)14-10-5-21-13(18)11(20)12(10)23-15(19)24-14/h5,8-9,26H,4,6-7H2,1-3H3,(H,22,27)/t8-,9?/m1/s1. The highest BCUT2D eigenvalue weighted by molar-refractivity contribution is 6.30. The number of β-amino-alcohol motifs (C(OH)–C–C–N with tert-alkyl or cyclic N) is 1. The number of anilines is 1. The van der Waals surface area contributed by atoms with Gasteiger partial charge in [0.2, 0.25) is 5.28 Å². The molecule has 1 aliphatic rings. The first-order valence-corrected chi connectivity index (χ1v) is 9.39. The lowest BCUT2D eigenvalue weighted by molar-refractivity contribution is 0.0473. The van der Waals surface area contributed by atoms with Gasteiger partial charge in [0.15, 0.2) is 11.0 Å². The van der Waals surface area contributed by atoms with Gasteiger partial charge in [0.1, 0.15) is 16.9 Å². The van der Waals surface area contributed by atoms with Gasteiger partial charge in [-0.05, 0) is 38.8 Å². The molecule has 0 spiro atoms. The SMILES string of the molecule is CC(C)(C)OC(=O)N[C@@H]1CC(O)CN(c2nc(Cl)nc3c(F)c(Cl)ncc23)C1. The molecule has 2 aromatic rings. The van der Waals surface area contributed by atoms with Crippen LogP contribution in [0.1, 0.15) is 27.2 Å². The van der Waals surface area contributed by atoms with Crippen molar-refractivity contribution in [2.24, 2.45) is 0 Å². The summed E-state index contributed by atoms with van der Waals surface area (Å²) in [5.41, 5.74) is -0.706. The van der Waals surface area contributed by atoms with Crippen LogP contribution in [0.3, 0.4) is 0 Å². The van der Waals surface area contributed by atoms with Gasteiger partial charge in [-0.25, -0.2) is 19.2 Å². The predicted octanol–water partition coefficient (Wildman–Crippen LogP) is 2.94. The zero-order valence-electron chi connectivity index (χ0n) is 15.5. The molecule has 0 aromatic carbocycles. The maximum atomic E-state index is 14.3. The molecule has 152 valence electrons. The Morgan fingerprint density at radius 2 is 2.07 bits per heavy atom. The summed E-state index contributed by atoms with van der Waals surface area (Å²) in [6.07, 6.45) is 0.355. The Morgan fingerprint density at radius 1 is 1.36 bits per heavy atom. The number of amides is 1. The molecule has 1 unspecified atom stereocenters. The maximum absolute atomic E-state index is 14.3. The molecular weight excluding hydrogens is 412 g/mol. The number of nitrogens with zero attached hydrogens (tertiary/aromatic N) is 4. The third kappa shape index (κ3) is 4.71. The minimum atomic E-state index is -0.800. The number of nitrogens with one attached hydrogen (secondary N) is 1. The Kier molecular flexibility index (Phi) is 5.79. The third-order valence-electron chi connectivity index (χ3n) is 4.04. The number of piperidine rings is 1. The highest BCUT2D eigenvalue weighted by Gasteiger charge is 2.31. The van der Waals surface area contributed by atoms with Crippen molar-refractivity contribution in [3.63, 3.8) is 0 Å². The summed E-state index contributed by atoms with van der Waals surface area (Å²) in [4.78, 5) is 25.6. The van der Waals surface area contributed by atoms with E-state index >= 15 is 0 Å². The summed E-state index contributed by atoms with van der Waals surface area (Å²) in [6.45, 7) is 5.81. The van der Waals surface area contributed by atoms with Gasteiger partial charge < -0.3 is 20.1 Å². The second-order valence-corrected chi connectivity index (χ2v) is 8.28. The van der Waals surface area contributed by atoms with Gasteiger partial charge >= 0.3 is 6.09 Å². The molecule has 0 aliphatic carbocycles. The number of aromatic nitrogens is 3. The largest absolute Gasteiger partial charge is 0.444 e. The lowest BCUT2D eigenvalue weighted by Gasteiger charge is -2.37. The Hall–Kier alpha value is -1.97. The number of fused-ring (bicyclic) bond motifs is 1. The molecule has 0 bridgehead atoms. The van der Waals surface area contributed by atoms with E-state index in [1.54, 1.807) is 25.7 Å². The zero-order valence-corrected chi connectivity index (χ0v) is 17.1. The highest BCUT2D eigenvalue weighted by atomic mass is 35.5.